The molecule has 0 bridgehead atoms. The molecule has 82 valence electrons. The minimum absolute atomic E-state index is 0. The molecule has 0 N–H and O–H groups in total. The Morgan fingerprint density at radius 3 is 2.62 bits per heavy atom. The van der Waals surface area contributed by atoms with Crippen LogP contribution in [0.2, 0.25) is 6.32 Å². The zero-order valence-electron chi connectivity index (χ0n) is 8.72. The molecule has 1 aromatic rings. The van der Waals surface area contributed by atoms with Gasteiger partial charge in [-0.3, -0.25) is 0 Å². The summed E-state index contributed by atoms with van der Waals surface area (Å²) in [6, 6.07) is 3.77. The molecule has 1 heterocycles. The summed E-state index contributed by atoms with van der Waals surface area (Å²) in [6.07, 6.45) is -1.69. The first kappa shape index (κ1) is 14.5. The van der Waals surface area contributed by atoms with Crippen LogP contribution < -0.4 is 56.1 Å². The predicted molar refractivity (Wildman–Crippen MR) is 48.4 cm³/mol. The maximum absolute atomic E-state index is 12.8. The van der Waals surface area contributed by atoms with E-state index in [2.05, 4.69) is 0 Å². The van der Waals surface area contributed by atoms with E-state index < -0.39 is 25.2 Å². The van der Waals surface area contributed by atoms with Crippen LogP contribution in [0.1, 0.15) is 5.56 Å². The van der Waals surface area contributed by atoms with Gasteiger partial charge in [-0.2, -0.15) is 0 Å². The molecule has 2 rings (SSSR count). The SMILES string of the molecule is Fc1ccc2c(c1)CC(C[B-](F)(F)F)O2.[K+]. The standard InChI is InChI=1S/C9H8BF4O.K/c11-7-1-2-9-6(3-7)4-8(15-9)5-10(12,13)14;/h1-3,8H,4-5H2;/q-1;+1. The van der Waals surface area contributed by atoms with Crippen molar-refractivity contribution in [3.8, 4) is 5.75 Å². The number of hydrogen-bond acceptors (Lipinski definition) is 1. The Morgan fingerprint density at radius 2 is 2.00 bits per heavy atom. The van der Waals surface area contributed by atoms with Gasteiger partial charge in [-0.25, -0.2) is 4.39 Å². The first-order valence-electron chi connectivity index (χ1n) is 4.60. The number of rotatable bonds is 2. The molecule has 0 radical (unpaired) electrons. The molecule has 1 aliphatic rings. The summed E-state index contributed by atoms with van der Waals surface area (Å²) < 4.78 is 54.2. The van der Waals surface area contributed by atoms with Gasteiger partial charge in [0.1, 0.15) is 11.6 Å². The molecule has 1 aromatic carbocycles. The molecule has 1 nitrogen and oxygen atoms in total. The van der Waals surface area contributed by atoms with E-state index in [1.165, 1.54) is 18.2 Å². The molecule has 0 fully saturated rings. The van der Waals surface area contributed by atoms with Crippen LogP contribution in [-0.2, 0) is 6.42 Å². The Labute approximate surface area is 133 Å². The fourth-order valence-electron chi connectivity index (χ4n) is 1.72. The number of benzene rings is 1. The van der Waals surface area contributed by atoms with Crippen molar-refractivity contribution in [2.24, 2.45) is 0 Å². The summed E-state index contributed by atoms with van der Waals surface area (Å²) >= 11 is 0. The van der Waals surface area contributed by atoms with E-state index >= 15 is 0 Å². The number of fused-ring (bicyclic) bond motifs is 1. The first-order valence-corrected chi connectivity index (χ1v) is 4.60. The van der Waals surface area contributed by atoms with Gasteiger partial charge >= 0.3 is 58.4 Å². The van der Waals surface area contributed by atoms with E-state index in [-0.39, 0.29) is 57.8 Å². The molecule has 7 heteroatoms. The van der Waals surface area contributed by atoms with E-state index in [9.17, 15) is 17.3 Å². The van der Waals surface area contributed by atoms with Crippen LogP contribution in [0.25, 0.3) is 0 Å². The Morgan fingerprint density at radius 1 is 1.31 bits per heavy atom. The van der Waals surface area contributed by atoms with Crippen LogP contribution in [0.3, 0.4) is 0 Å². The summed E-state index contributed by atoms with van der Waals surface area (Å²) in [6.45, 7) is -4.85. The zero-order chi connectivity index (χ0) is 11.1. The second-order valence-corrected chi connectivity index (χ2v) is 3.64. The van der Waals surface area contributed by atoms with Gasteiger partial charge in [0.2, 0.25) is 0 Å². The third kappa shape index (κ3) is 3.73. The van der Waals surface area contributed by atoms with Crippen molar-refractivity contribution in [3.63, 3.8) is 0 Å². The van der Waals surface area contributed by atoms with E-state index in [0.29, 0.717) is 11.3 Å². The molecule has 0 aromatic heterocycles. The summed E-state index contributed by atoms with van der Waals surface area (Å²) in [7, 11) is 0. The Hall–Kier alpha value is 0.441. The molecule has 1 atom stereocenters. The van der Waals surface area contributed by atoms with Gasteiger partial charge in [0.05, 0.1) is 6.10 Å². The minimum atomic E-state index is -4.85. The third-order valence-corrected chi connectivity index (χ3v) is 2.29. The second kappa shape index (κ2) is 5.39. The smallest absolute Gasteiger partial charge is 0.493 e. The first-order chi connectivity index (χ1) is 6.94. The Balaban J connectivity index is 0.00000128. The van der Waals surface area contributed by atoms with Crippen molar-refractivity contribution in [1.82, 2.24) is 0 Å². The van der Waals surface area contributed by atoms with Crippen LogP contribution >= 0.6 is 0 Å². The van der Waals surface area contributed by atoms with Crippen LogP contribution in [-0.4, -0.2) is 13.1 Å². The summed E-state index contributed by atoms with van der Waals surface area (Å²) in [5.74, 6) is -0.0861. The molecular formula is C9H8BF4KO. The van der Waals surface area contributed by atoms with Gasteiger partial charge in [0, 0.05) is 12.0 Å². The van der Waals surface area contributed by atoms with E-state index in [0.717, 1.165) is 0 Å². The van der Waals surface area contributed by atoms with E-state index in [1.54, 1.807) is 0 Å². The van der Waals surface area contributed by atoms with Crippen molar-refractivity contribution >= 4 is 6.98 Å². The molecule has 1 unspecified atom stereocenters. The predicted octanol–water partition coefficient (Wildman–Crippen LogP) is -0.0194. The molecule has 0 spiro atoms. The topological polar surface area (TPSA) is 9.23 Å². The average molecular weight is 258 g/mol. The monoisotopic (exact) mass is 258 g/mol. The maximum Gasteiger partial charge on any atom is 1.00 e. The van der Waals surface area contributed by atoms with Crippen molar-refractivity contribution in [3.05, 3.63) is 29.6 Å². The zero-order valence-corrected chi connectivity index (χ0v) is 11.8. The van der Waals surface area contributed by atoms with Gasteiger partial charge in [-0.1, -0.05) is 0 Å². The maximum atomic E-state index is 12.8. The Bertz CT molecular complexity index is 382. The normalized spacial score (nSPS) is 18.6. The fourth-order valence-corrected chi connectivity index (χ4v) is 1.72. The van der Waals surface area contributed by atoms with Gasteiger partial charge in [-0.15, -0.1) is 0 Å². The average Bonchev–Trinajstić information content (AvgIpc) is 2.42. The van der Waals surface area contributed by atoms with Crippen LogP contribution in [0.5, 0.6) is 5.75 Å². The molecule has 0 saturated carbocycles. The third-order valence-electron chi connectivity index (χ3n) is 2.29. The number of halogens is 4. The van der Waals surface area contributed by atoms with Crippen molar-refractivity contribution in [2.75, 3.05) is 0 Å². The van der Waals surface area contributed by atoms with Crippen molar-refractivity contribution < 1.29 is 73.5 Å². The van der Waals surface area contributed by atoms with Gasteiger partial charge in [0.15, 0.2) is 0 Å². The summed E-state index contributed by atoms with van der Waals surface area (Å²) in [4.78, 5) is 0. The molecule has 1 aliphatic heterocycles. The van der Waals surface area contributed by atoms with E-state index in [4.69, 9.17) is 4.74 Å². The van der Waals surface area contributed by atoms with Crippen molar-refractivity contribution in [1.29, 1.82) is 0 Å². The summed E-state index contributed by atoms with van der Waals surface area (Å²) in [5, 5.41) is 0. The van der Waals surface area contributed by atoms with E-state index in [1.807, 2.05) is 0 Å². The molecule has 16 heavy (non-hydrogen) atoms. The second-order valence-electron chi connectivity index (χ2n) is 3.64. The van der Waals surface area contributed by atoms with Gasteiger partial charge < -0.3 is 17.7 Å². The fraction of sp³-hybridized carbons (Fsp3) is 0.333. The van der Waals surface area contributed by atoms with Gasteiger partial charge in [-0.05, 0) is 24.5 Å². The quantitative estimate of drug-likeness (QED) is 0.535. The number of hydrogen-bond donors (Lipinski definition) is 0. The minimum Gasteiger partial charge on any atom is -0.493 e. The summed E-state index contributed by atoms with van der Waals surface area (Å²) in [5.41, 5.74) is 0.514. The van der Waals surface area contributed by atoms with Crippen molar-refractivity contribution in [2.45, 2.75) is 18.8 Å². The Kier molecular flexibility index (Phi) is 4.89. The van der Waals surface area contributed by atoms with Crippen LogP contribution in [0, 0.1) is 5.82 Å². The van der Waals surface area contributed by atoms with Crippen LogP contribution in [0.4, 0.5) is 17.3 Å². The number of ether oxygens (including phenoxy) is 1. The van der Waals surface area contributed by atoms with Gasteiger partial charge in [0.25, 0.3) is 0 Å². The van der Waals surface area contributed by atoms with Crippen LogP contribution in [0.15, 0.2) is 18.2 Å². The molecule has 0 aliphatic carbocycles. The molecule has 0 saturated heterocycles. The molecular weight excluding hydrogens is 250 g/mol. The molecule has 0 amide bonds. The largest absolute Gasteiger partial charge is 1.00 e.